The zero-order valence-corrected chi connectivity index (χ0v) is 8.76. The first-order valence-corrected chi connectivity index (χ1v) is 6.42. The Morgan fingerprint density at radius 1 is 1.38 bits per heavy atom. The standard InChI is InChI=1S/C8H17NO3S/c1-8(10)2-3-9-4-6-13(11,12)7-5-9/h8,10H,2-7H2,1H3. The lowest BCUT2D eigenvalue weighted by atomic mass is 10.2. The molecule has 4 nitrogen and oxygen atoms in total. The molecule has 0 aliphatic carbocycles. The van der Waals surface area contributed by atoms with Crippen molar-refractivity contribution in [2.45, 2.75) is 19.4 Å². The molecule has 1 atom stereocenters. The van der Waals surface area contributed by atoms with E-state index >= 15 is 0 Å². The number of hydrogen-bond acceptors (Lipinski definition) is 4. The highest BCUT2D eigenvalue weighted by Gasteiger charge is 2.21. The van der Waals surface area contributed by atoms with Gasteiger partial charge in [-0.3, -0.25) is 0 Å². The van der Waals surface area contributed by atoms with Crippen molar-refractivity contribution < 1.29 is 13.5 Å². The van der Waals surface area contributed by atoms with Gasteiger partial charge in [0.2, 0.25) is 0 Å². The van der Waals surface area contributed by atoms with Crippen molar-refractivity contribution >= 4 is 9.84 Å². The van der Waals surface area contributed by atoms with Gasteiger partial charge in [0.1, 0.15) is 0 Å². The molecule has 1 saturated heterocycles. The normalized spacial score (nSPS) is 25.7. The second kappa shape index (κ2) is 4.39. The molecule has 0 spiro atoms. The monoisotopic (exact) mass is 207 g/mol. The smallest absolute Gasteiger partial charge is 0.152 e. The summed E-state index contributed by atoms with van der Waals surface area (Å²) in [4.78, 5) is 2.09. The van der Waals surface area contributed by atoms with Crippen molar-refractivity contribution in [2.24, 2.45) is 0 Å². The van der Waals surface area contributed by atoms with Gasteiger partial charge < -0.3 is 10.0 Å². The van der Waals surface area contributed by atoms with Crippen LogP contribution >= 0.6 is 0 Å². The van der Waals surface area contributed by atoms with Gasteiger partial charge in [-0.2, -0.15) is 0 Å². The lowest BCUT2D eigenvalue weighted by Crippen LogP contribution is -2.41. The molecule has 0 aromatic heterocycles. The van der Waals surface area contributed by atoms with Crippen molar-refractivity contribution in [1.82, 2.24) is 4.90 Å². The predicted octanol–water partition coefficient (Wildman–Crippen LogP) is -0.512. The summed E-state index contributed by atoms with van der Waals surface area (Å²) in [5.41, 5.74) is 0. The Kier molecular flexibility index (Phi) is 3.70. The van der Waals surface area contributed by atoms with Gasteiger partial charge in [-0.15, -0.1) is 0 Å². The lowest BCUT2D eigenvalue weighted by molar-refractivity contribution is 0.159. The maximum atomic E-state index is 11.1. The Bertz CT molecular complexity index is 234. The van der Waals surface area contributed by atoms with E-state index in [4.69, 9.17) is 5.11 Å². The molecule has 1 unspecified atom stereocenters. The topological polar surface area (TPSA) is 57.6 Å². The van der Waals surface area contributed by atoms with Crippen LogP contribution in [0.4, 0.5) is 0 Å². The summed E-state index contributed by atoms with van der Waals surface area (Å²) in [6.45, 7) is 3.79. The summed E-state index contributed by atoms with van der Waals surface area (Å²) >= 11 is 0. The Labute approximate surface area is 79.5 Å². The molecule has 1 rings (SSSR count). The Morgan fingerprint density at radius 2 is 1.92 bits per heavy atom. The van der Waals surface area contributed by atoms with E-state index in [1.807, 2.05) is 0 Å². The average Bonchev–Trinajstić information content (AvgIpc) is 2.02. The number of nitrogens with zero attached hydrogens (tertiary/aromatic N) is 1. The quantitative estimate of drug-likeness (QED) is 0.677. The summed E-state index contributed by atoms with van der Waals surface area (Å²) in [5.74, 6) is 0.541. The van der Waals surface area contributed by atoms with Crippen LogP contribution in [0.2, 0.25) is 0 Å². The number of rotatable bonds is 3. The van der Waals surface area contributed by atoms with Gasteiger partial charge in [-0.1, -0.05) is 0 Å². The first-order valence-electron chi connectivity index (χ1n) is 4.60. The third kappa shape index (κ3) is 4.06. The molecule has 1 aliphatic rings. The van der Waals surface area contributed by atoms with Crippen LogP contribution in [0.25, 0.3) is 0 Å². The van der Waals surface area contributed by atoms with Gasteiger partial charge in [0.15, 0.2) is 9.84 Å². The predicted molar refractivity (Wildman–Crippen MR) is 51.4 cm³/mol. The molecule has 1 heterocycles. The molecule has 0 aromatic rings. The minimum absolute atomic E-state index is 0.271. The molecule has 0 amide bonds. The molecule has 5 heteroatoms. The zero-order chi connectivity index (χ0) is 9.90. The van der Waals surface area contributed by atoms with E-state index < -0.39 is 9.84 Å². The van der Waals surface area contributed by atoms with Crippen LogP contribution in [0.15, 0.2) is 0 Å². The Hall–Kier alpha value is -0.130. The molecule has 0 radical (unpaired) electrons. The van der Waals surface area contributed by atoms with E-state index in [9.17, 15) is 8.42 Å². The third-order valence-electron chi connectivity index (χ3n) is 2.30. The lowest BCUT2D eigenvalue weighted by Gasteiger charge is -2.26. The minimum atomic E-state index is -2.76. The maximum absolute atomic E-state index is 11.1. The second-order valence-corrected chi connectivity index (χ2v) is 5.93. The van der Waals surface area contributed by atoms with Gasteiger partial charge in [-0.25, -0.2) is 8.42 Å². The minimum Gasteiger partial charge on any atom is -0.393 e. The SMILES string of the molecule is CC(O)CCN1CCS(=O)(=O)CC1. The third-order valence-corrected chi connectivity index (χ3v) is 3.91. The molecule has 0 aromatic carbocycles. The molecule has 1 N–H and O–H groups in total. The fraction of sp³-hybridized carbons (Fsp3) is 1.00. The van der Waals surface area contributed by atoms with Gasteiger partial charge >= 0.3 is 0 Å². The number of hydrogen-bond donors (Lipinski definition) is 1. The van der Waals surface area contributed by atoms with Gasteiger partial charge in [0, 0.05) is 19.6 Å². The Balaban J connectivity index is 2.26. The van der Waals surface area contributed by atoms with Crippen LogP contribution < -0.4 is 0 Å². The van der Waals surface area contributed by atoms with Gasteiger partial charge in [0.25, 0.3) is 0 Å². The summed E-state index contributed by atoms with van der Waals surface area (Å²) in [7, 11) is -2.76. The first kappa shape index (κ1) is 10.9. The molecule has 1 aliphatic heterocycles. The molecular formula is C8H17NO3S. The van der Waals surface area contributed by atoms with Crippen molar-refractivity contribution in [3.05, 3.63) is 0 Å². The zero-order valence-electron chi connectivity index (χ0n) is 7.94. The van der Waals surface area contributed by atoms with Crippen molar-refractivity contribution in [3.63, 3.8) is 0 Å². The molecule has 0 bridgehead atoms. The average molecular weight is 207 g/mol. The highest BCUT2D eigenvalue weighted by atomic mass is 32.2. The summed E-state index contributed by atoms with van der Waals surface area (Å²) in [6, 6.07) is 0. The highest BCUT2D eigenvalue weighted by Crippen LogP contribution is 2.04. The van der Waals surface area contributed by atoms with Crippen LogP contribution in [0, 0.1) is 0 Å². The molecule has 0 saturated carbocycles. The van der Waals surface area contributed by atoms with E-state index in [-0.39, 0.29) is 17.6 Å². The number of sulfone groups is 1. The van der Waals surface area contributed by atoms with E-state index in [1.165, 1.54) is 0 Å². The molecule has 1 fully saturated rings. The fourth-order valence-corrected chi connectivity index (χ4v) is 2.62. The molecule has 13 heavy (non-hydrogen) atoms. The van der Waals surface area contributed by atoms with Crippen LogP contribution in [-0.4, -0.2) is 55.7 Å². The largest absolute Gasteiger partial charge is 0.393 e. The summed E-state index contributed by atoms with van der Waals surface area (Å²) < 4.78 is 22.1. The van der Waals surface area contributed by atoms with Crippen LogP contribution in [0.1, 0.15) is 13.3 Å². The number of aliphatic hydroxyl groups is 1. The first-order chi connectivity index (χ1) is 5.99. The summed E-state index contributed by atoms with van der Waals surface area (Å²) in [6.07, 6.45) is 0.429. The van der Waals surface area contributed by atoms with Gasteiger partial charge in [0.05, 0.1) is 17.6 Å². The second-order valence-electron chi connectivity index (χ2n) is 3.63. The van der Waals surface area contributed by atoms with Crippen molar-refractivity contribution in [3.8, 4) is 0 Å². The van der Waals surface area contributed by atoms with Crippen molar-refractivity contribution in [1.29, 1.82) is 0 Å². The van der Waals surface area contributed by atoms with E-state index in [2.05, 4.69) is 4.90 Å². The maximum Gasteiger partial charge on any atom is 0.152 e. The van der Waals surface area contributed by atoms with E-state index in [0.29, 0.717) is 13.1 Å². The van der Waals surface area contributed by atoms with Crippen LogP contribution in [-0.2, 0) is 9.84 Å². The van der Waals surface area contributed by atoms with Crippen LogP contribution in [0.5, 0.6) is 0 Å². The number of aliphatic hydroxyl groups excluding tert-OH is 1. The van der Waals surface area contributed by atoms with Gasteiger partial charge in [-0.05, 0) is 13.3 Å². The Morgan fingerprint density at radius 3 is 2.38 bits per heavy atom. The fourth-order valence-electron chi connectivity index (χ4n) is 1.34. The summed E-state index contributed by atoms with van der Waals surface area (Å²) in [5, 5.41) is 9.04. The van der Waals surface area contributed by atoms with E-state index in [0.717, 1.165) is 13.0 Å². The highest BCUT2D eigenvalue weighted by molar-refractivity contribution is 7.91. The van der Waals surface area contributed by atoms with Crippen molar-refractivity contribution in [2.75, 3.05) is 31.1 Å². The molecule has 78 valence electrons. The molecular weight excluding hydrogens is 190 g/mol. The van der Waals surface area contributed by atoms with Crippen LogP contribution in [0.3, 0.4) is 0 Å². The van der Waals surface area contributed by atoms with E-state index in [1.54, 1.807) is 6.92 Å².